The molecule has 1 aromatic carbocycles. The van der Waals surface area contributed by atoms with Crippen molar-refractivity contribution < 1.29 is 132 Å². The molecule has 0 radical (unpaired) electrons. The number of anilines is 1. The van der Waals surface area contributed by atoms with E-state index in [0.29, 0.717) is 76.9 Å². The SMILES string of the molecule is CC(C)[C@H](NC(=O)[C@H](CCCCNC(=O)CCOCCOCCOCCOCCOCCOCCOCCOCCN(C[C@H](O)[C@@H](O)[C@H](O)[C@H](O)CO)C[C@H](O)[C@@H](O)[C@H](O)[C@H](O)CO)NC(=O)OC(C)(C)C)C(=O)N[C@@H](CCCNC(N)=O)C(=O)Nc1ccc(COC(N)=O)cc1. The minimum absolute atomic E-state index is 0.000117. The summed E-state index contributed by atoms with van der Waals surface area (Å²) in [5.41, 5.74) is 10.3. The lowest BCUT2D eigenvalue weighted by molar-refractivity contribution is -0.132. The Morgan fingerprint density at radius 1 is 0.505 bits per heavy atom. The summed E-state index contributed by atoms with van der Waals surface area (Å²) in [7, 11) is 0. The molecule has 1 aromatic rings. The summed E-state index contributed by atoms with van der Waals surface area (Å²) in [6, 6.07) is 2.10. The van der Waals surface area contributed by atoms with Crippen LogP contribution in [0.4, 0.5) is 20.1 Å². The topological polar surface area (TPSA) is 542 Å². The number of amides is 8. The molecule has 11 atom stereocenters. The third-order valence-corrected chi connectivity index (χ3v) is 13.9. The van der Waals surface area contributed by atoms with Crippen molar-refractivity contribution in [1.82, 2.24) is 31.5 Å². The summed E-state index contributed by atoms with van der Waals surface area (Å²) in [4.78, 5) is 90.4. The van der Waals surface area contributed by atoms with Gasteiger partial charge in [0.1, 0.15) is 67.0 Å². The monoisotopic (exact) mass is 1400 g/mol. The summed E-state index contributed by atoms with van der Waals surface area (Å²) >= 11 is 0. The molecule has 20 N–H and O–H groups in total. The third kappa shape index (κ3) is 44.0. The molecule has 97 heavy (non-hydrogen) atoms. The number of aliphatic hydroxyl groups is 10. The number of nitrogens with two attached hydrogens (primary N) is 2. The van der Waals surface area contributed by atoms with Gasteiger partial charge in [-0.15, -0.1) is 0 Å². The van der Waals surface area contributed by atoms with E-state index in [9.17, 15) is 74.4 Å². The van der Waals surface area contributed by atoms with Gasteiger partial charge in [-0.05, 0) is 76.5 Å². The van der Waals surface area contributed by atoms with E-state index >= 15 is 0 Å². The fourth-order valence-corrected chi connectivity index (χ4v) is 8.54. The molecule has 0 heterocycles. The Bertz CT molecular complexity index is 2270. The highest BCUT2D eigenvalue weighted by Crippen LogP contribution is 2.16. The molecule has 0 saturated heterocycles. The Balaban J connectivity index is 2.32. The van der Waals surface area contributed by atoms with Gasteiger partial charge in [0.2, 0.25) is 23.6 Å². The first-order chi connectivity index (χ1) is 46.1. The largest absolute Gasteiger partial charge is 0.445 e. The number of primary amides is 2. The molecule has 562 valence electrons. The highest BCUT2D eigenvalue weighted by atomic mass is 16.6. The number of hydrogen-bond donors (Lipinski definition) is 18. The van der Waals surface area contributed by atoms with E-state index in [0.717, 1.165) is 0 Å². The molecule has 0 aliphatic rings. The smallest absolute Gasteiger partial charge is 0.408 e. The van der Waals surface area contributed by atoms with Crippen molar-refractivity contribution in [3.05, 3.63) is 29.8 Å². The first kappa shape index (κ1) is 89.2. The average molecular weight is 1400 g/mol. The van der Waals surface area contributed by atoms with E-state index < -0.39 is 141 Å². The number of unbranched alkanes of at least 4 members (excludes halogenated alkanes) is 1. The molecule has 0 spiro atoms. The number of carbonyl (C=O) groups is 7. The fraction of sp³-hybridized carbons (Fsp3) is 0.787. The van der Waals surface area contributed by atoms with Gasteiger partial charge in [-0.1, -0.05) is 26.0 Å². The lowest BCUT2D eigenvalue weighted by atomic mass is 10.0. The molecule has 0 aliphatic heterocycles. The number of hydrogen-bond acceptors (Lipinski definition) is 28. The zero-order valence-electron chi connectivity index (χ0n) is 56.5. The van der Waals surface area contributed by atoms with E-state index in [4.69, 9.17) is 69.0 Å². The van der Waals surface area contributed by atoms with Gasteiger partial charge in [0.15, 0.2) is 0 Å². The number of carbonyl (C=O) groups excluding carboxylic acids is 7. The molecule has 0 bridgehead atoms. The fourth-order valence-electron chi connectivity index (χ4n) is 8.54. The predicted octanol–water partition coefficient (Wildman–Crippen LogP) is -4.83. The van der Waals surface area contributed by atoms with Crippen LogP contribution in [-0.2, 0) is 73.2 Å². The molecule has 8 amide bonds. The number of aliphatic hydroxyl groups excluding tert-OH is 10. The van der Waals surface area contributed by atoms with Gasteiger partial charge in [-0.25, -0.2) is 14.4 Å². The van der Waals surface area contributed by atoms with Crippen LogP contribution in [0, 0.1) is 5.92 Å². The third-order valence-electron chi connectivity index (χ3n) is 13.9. The maximum Gasteiger partial charge on any atom is 0.408 e. The van der Waals surface area contributed by atoms with Crippen LogP contribution in [0.25, 0.3) is 0 Å². The van der Waals surface area contributed by atoms with Gasteiger partial charge in [0.25, 0.3) is 0 Å². The maximum atomic E-state index is 13.9. The molecule has 0 aromatic heterocycles. The number of ether oxygens (including phenoxy) is 10. The van der Waals surface area contributed by atoms with Gasteiger partial charge in [-0.3, -0.25) is 24.1 Å². The number of alkyl carbamates (subject to hydrolysis) is 1. The standard InChI is InChI=1S/C61H111N9O27/c1-40(2)50(57(84)67-43(10-8-17-65-58(62)85)55(82)66-42-13-11-41(12-14-42)39-96-59(63)86)69-56(83)44(68-60(87)97-61(3,4)5)9-6-7-16-64-49(77)15-19-88-21-23-90-25-27-92-29-31-94-33-34-95-32-30-93-28-26-91-24-22-89-20-18-70(35-45(73)51(78)53(80)47(75)37-71)36-46(74)52(79)54(81)48(76)38-72/h11-14,40,43-48,50-54,71-76,78-81H,6-10,15-39H2,1-5H3,(H2,63,86)(H,64,77)(H,66,82)(H,67,84)(H,68,87)(H,69,83)(H3,62,65,85)/t43-,44-,45-,46-,47+,48+,50-,51+,52+,53+,54+/m0/s1. The lowest BCUT2D eigenvalue weighted by Gasteiger charge is -2.33. The highest BCUT2D eigenvalue weighted by molar-refractivity contribution is 5.99. The van der Waals surface area contributed by atoms with Crippen molar-refractivity contribution in [2.45, 2.75) is 152 Å². The summed E-state index contributed by atoms with van der Waals surface area (Å²) in [6.07, 6.45) is -15.0. The Labute approximate surface area is 565 Å². The zero-order valence-corrected chi connectivity index (χ0v) is 56.5. The number of nitrogens with one attached hydrogen (secondary N) is 6. The second-order valence-corrected chi connectivity index (χ2v) is 23.6. The Hall–Kier alpha value is -5.85. The molecule has 1 rings (SSSR count). The van der Waals surface area contributed by atoms with Crippen molar-refractivity contribution in [3.63, 3.8) is 0 Å². The quantitative estimate of drug-likeness (QED) is 0.0272. The Kier molecular flexibility index (Phi) is 48.8. The zero-order chi connectivity index (χ0) is 72.6. The normalized spacial score (nSPS) is 15.2. The second-order valence-electron chi connectivity index (χ2n) is 23.6. The number of rotatable bonds is 58. The van der Waals surface area contributed by atoms with E-state index in [2.05, 4.69) is 31.9 Å². The highest BCUT2D eigenvalue weighted by Gasteiger charge is 2.36. The molecular formula is C61H111N9O27. The van der Waals surface area contributed by atoms with E-state index in [1.165, 1.54) is 4.90 Å². The van der Waals surface area contributed by atoms with Crippen LogP contribution in [0.3, 0.4) is 0 Å². The second kappa shape index (κ2) is 53.1. The number of nitrogens with zero attached hydrogens (tertiary/aromatic N) is 1. The summed E-state index contributed by atoms with van der Waals surface area (Å²) in [5, 5.41) is 115. The van der Waals surface area contributed by atoms with E-state index in [1.807, 2.05) is 0 Å². The summed E-state index contributed by atoms with van der Waals surface area (Å²) in [6.45, 7) is 10.2. The predicted molar refractivity (Wildman–Crippen MR) is 345 cm³/mol. The van der Waals surface area contributed by atoms with Crippen LogP contribution < -0.4 is 43.4 Å². The van der Waals surface area contributed by atoms with E-state index in [1.54, 1.807) is 58.9 Å². The van der Waals surface area contributed by atoms with Crippen LogP contribution in [0.5, 0.6) is 0 Å². The van der Waals surface area contributed by atoms with Crippen molar-refractivity contribution >= 4 is 47.5 Å². The van der Waals surface area contributed by atoms with Gasteiger partial charge in [0.05, 0.1) is 131 Å². The van der Waals surface area contributed by atoms with Crippen LogP contribution in [0.2, 0.25) is 0 Å². The lowest BCUT2D eigenvalue weighted by Crippen LogP contribution is -2.58. The summed E-state index contributed by atoms with van der Waals surface area (Å²) < 4.78 is 54.2. The van der Waals surface area contributed by atoms with Gasteiger partial charge in [0, 0.05) is 44.8 Å². The molecule has 0 aliphatic carbocycles. The molecule has 0 unspecified atom stereocenters. The average Bonchev–Trinajstić information content (AvgIpc) is 0.956. The van der Waals surface area contributed by atoms with Crippen LogP contribution in [-0.4, -0.2) is 322 Å². The van der Waals surface area contributed by atoms with Gasteiger partial charge in [-0.2, -0.15) is 0 Å². The van der Waals surface area contributed by atoms with Crippen molar-refractivity contribution in [1.29, 1.82) is 0 Å². The van der Waals surface area contributed by atoms with Crippen LogP contribution in [0.1, 0.15) is 78.7 Å². The van der Waals surface area contributed by atoms with Crippen LogP contribution in [0.15, 0.2) is 24.3 Å². The van der Waals surface area contributed by atoms with Crippen molar-refractivity contribution in [2.24, 2.45) is 17.4 Å². The Morgan fingerprint density at radius 2 is 0.928 bits per heavy atom. The van der Waals surface area contributed by atoms with Gasteiger partial charge < -0.3 is 142 Å². The maximum absolute atomic E-state index is 13.9. The number of urea groups is 1. The summed E-state index contributed by atoms with van der Waals surface area (Å²) in [5.74, 6) is -2.73. The van der Waals surface area contributed by atoms with Crippen molar-refractivity contribution in [3.8, 4) is 0 Å². The van der Waals surface area contributed by atoms with Gasteiger partial charge >= 0.3 is 18.2 Å². The number of benzene rings is 1. The first-order valence-electron chi connectivity index (χ1n) is 32.3. The Morgan fingerprint density at radius 3 is 1.36 bits per heavy atom. The van der Waals surface area contributed by atoms with Crippen molar-refractivity contribution in [2.75, 3.05) is 157 Å². The molecule has 0 fully saturated rings. The first-order valence-corrected chi connectivity index (χ1v) is 32.3. The molecule has 0 saturated carbocycles. The molecular weight excluding hydrogens is 1290 g/mol. The minimum Gasteiger partial charge on any atom is -0.445 e. The van der Waals surface area contributed by atoms with E-state index in [-0.39, 0.29) is 111 Å². The molecule has 36 heteroatoms. The van der Waals surface area contributed by atoms with Crippen LogP contribution >= 0.6 is 0 Å². The minimum atomic E-state index is -1.90. The molecule has 36 nitrogen and oxygen atoms in total.